The molecule has 0 bridgehead atoms. The highest BCUT2D eigenvalue weighted by atomic mass is 16.5. The number of carbonyl (C=O) groups excluding carboxylic acids is 1. The van der Waals surface area contributed by atoms with Gasteiger partial charge < -0.3 is 9.42 Å². The molecule has 0 aliphatic rings. The molecule has 2 heterocycles. The Bertz CT molecular complexity index is 565. The Morgan fingerprint density at radius 3 is 3.00 bits per heavy atom. The highest BCUT2D eigenvalue weighted by molar-refractivity contribution is 5.78. The van der Waals surface area contributed by atoms with Crippen LogP contribution in [0.25, 0.3) is 0 Å². The second-order valence-electron chi connectivity index (χ2n) is 5.07. The Kier molecular flexibility index (Phi) is 5.02. The van der Waals surface area contributed by atoms with E-state index in [1.807, 2.05) is 6.92 Å². The third-order valence-electron chi connectivity index (χ3n) is 3.08. The summed E-state index contributed by atoms with van der Waals surface area (Å²) in [6, 6.07) is 0. The van der Waals surface area contributed by atoms with Crippen molar-refractivity contribution in [3.63, 3.8) is 0 Å². The van der Waals surface area contributed by atoms with Crippen molar-refractivity contribution in [2.45, 2.75) is 39.8 Å². The standard InChI is InChI=1S/C13H20N6O2/c1-4-5-11-16-12(21-17-11)7-18(3)13(20)10(2)6-19-9-14-8-15-19/h8-10H,4-7H2,1-3H3. The fraction of sp³-hybridized carbons (Fsp3) is 0.615. The van der Waals surface area contributed by atoms with E-state index in [-0.39, 0.29) is 11.8 Å². The monoisotopic (exact) mass is 292 g/mol. The lowest BCUT2D eigenvalue weighted by molar-refractivity contribution is -0.135. The van der Waals surface area contributed by atoms with Crippen molar-refractivity contribution >= 4 is 5.91 Å². The van der Waals surface area contributed by atoms with Gasteiger partial charge in [0, 0.05) is 13.5 Å². The van der Waals surface area contributed by atoms with Crippen LogP contribution in [-0.2, 0) is 24.3 Å². The maximum absolute atomic E-state index is 12.3. The topological polar surface area (TPSA) is 89.9 Å². The van der Waals surface area contributed by atoms with E-state index in [2.05, 4.69) is 27.1 Å². The minimum atomic E-state index is -0.199. The van der Waals surface area contributed by atoms with Crippen molar-refractivity contribution in [1.29, 1.82) is 0 Å². The minimum absolute atomic E-state index is 0.000687. The number of carbonyl (C=O) groups is 1. The summed E-state index contributed by atoms with van der Waals surface area (Å²) >= 11 is 0. The summed E-state index contributed by atoms with van der Waals surface area (Å²) in [6.07, 6.45) is 4.79. The molecule has 0 saturated heterocycles. The molecule has 114 valence electrons. The Morgan fingerprint density at radius 2 is 2.33 bits per heavy atom. The smallest absolute Gasteiger partial charge is 0.246 e. The number of hydrogen-bond donors (Lipinski definition) is 0. The summed E-state index contributed by atoms with van der Waals surface area (Å²) in [5, 5.41) is 7.88. The quantitative estimate of drug-likeness (QED) is 0.753. The molecule has 0 aromatic carbocycles. The number of aromatic nitrogens is 5. The molecule has 2 aromatic heterocycles. The van der Waals surface area contributed by atoms with Gasteiger partial charge in [0.25, 0.3) is 0 Å². The van der Waals surface area contributed by atoms with Crippen molar-refractivity contribution in [2.75, 3.05) is 7.05 Å². The molecule has 0 aliphatic heterocycles. The molecular formula is C13H20N6O2. The summed E-state index contributed by atoms with van der Waals surface area (Å²) in [5.74, 6) is 0.946. The minimum Gasteiger partial charge on any atom is -0.337 e. The van der Waals surface area contributed by atoms with Crippen LogP contribution in [0.4, 0.5) is 0 Å². The Morgan fingerprint density at radius 1 is 1.52 bits per heavy atom. The maximum atomic E-state index is 12.3. The van der Waals surface area contributed by atoms with E-state index in [1.165, 1.54) is 6.33 Å². The molecule has 8 nitrogen and oxygen atoms in total. The van der Waals surface area contributed by atoms with E-state index in [4.69, 9.17) is 4.52 Å². The maximum Gasteiger partial charge on any atom is 0.246 e. The van der Waals surface area contributed by atoms with Gasteiger partial charge in [0.05, 0.1) is 19.0 Å². The fourth-order valence-electron chi connectivity index (χ4n) is 2.02. The third-order valence-corrected chi connectivity index (χ3v) is 3.08. The average Bonchev–Trinajstić information content (AvgIpc) is 3.10. The second kappa shape index (κ2) is 6.96. The summed E-state index contributed by atoms with van der Waals surface area (Å²) < 4.78 is 6.78. The predicted octanol–water partition coefficient (Wildman–Crippen LogP) is 0.908. The van der Waals surface area contributed by atoms with Crippen molar-refractivity contribution < 1.29 is 9.32 Å². The Balaban J connectivity index is 1.88. The van der Waals surface area contributed by atoms with E-state index in [1.54, 1.807) is 23.0 Å². The van der Waals surface area contributed by atoms with E-state index in [0.29, 0.717) is 24.8 Å². The van der Waals surface area contributed by atoms with Crippen LogP contribution in [0.3, 0.4) is 0 Å². The molecule has 1 amide bonds. The van der Waals surface area contributed by atoms with Gasteiger partial charge in [-0.3, -0.25) is 9.48 Å². The van der Waals surface area contributed by atoms with Crippen molar-refractivity contribution in [3.05, 3.63) is 24.4 Å². The summed E-state index contributed by atoms with van der Waals surface area (Å²) in [6.45, 7) is 4.72. The van der Waals surface area contributed by atoms with E-state index < -0.39 is 0 Å². The van der Waals surface area contributed by atoms with Crippen LogP contribution < -0.4 is 0 Å². The molecule has 1 atom stereocenters. The first-order valence-corrected chi connectivity index (χ1v) is 6.99. The molecule has 0 saturated carbocycles. The average molecular weight is 292 g/mol. The Hall–Kier alpha value is -2.25. The first-order chi connectivity index (χ1) is 10.1. The zero-order valence-corrected chi connectivity index (χ0v) is 12.6. The summed E-state index contributed by atoms with van der Waals surface area (Å²) in [5.41, 5.74) is 0. The van der Waals surface area contributed by atoms with Gasteiger partial charge in [-0.05, 0) is 6.42 Å². The first kappa shape index (κ1) is 15.1. The predicted molar refractivity (Wildman–Crippen MR) is 74.0 cm³/mol. The van der Waals surface area contributed by atoms with Gasteiger partial charge in [0.2, 0.25) is 11.8 Å². The van der Waals surface area contributed by atoms with Crippen LogP contribution in [0.15, 0.2) is 17.2 Å². The second-order valence-corrected chi connectivity index (χ2v) is 5.07. The van der Waals surface area contributed by atoms with Crippen LogP contribution in [0.5, 0.6) is 0 Å². The van der Waals surface area contributed by atoms with Gasteiger partial charge in [-0.25, -0.2) is 4.98 Å². The molecule has 0 aliphatic carbocycles. The van der Waals surface area contributed by atoms with Crippen LogP contribution in [-0.4, -0.2) is 42.8 Å². The largest absolute Gasteiger partial charge is 0.337 e. The molecule has 0 radical (unpaired) electrons. The molecule has 8 heteroatoms. The summed E-state index contributed by atoms with van der Waals surface area (Å²) in [4.78, 5) is 22.0. The lowest BCUT2D eigenvalue weighted by Gasteiger charge is -2.19. The zero-order chi connectivity index (χ0) is 15.2. The van der Waals surface area contributed by atoms with Gasteiger partial charge >= 0.3 is 0 Å². The normalized spacial score (nSPS) is 12.3. The molecular weight excluding hydrogens is 272 g/mol. The van der Waals surface area contributed by atoms with Crippen molar-refractivity contribution in [1.82, 2.24) is 29.8 Å². The van der Waals surface area contributed by atoms with Gasteiger partial charge in [-0.1, -0.05) is 19.0 Å². The fourth-order valence-corrected chi connectivity index (χ4v) is 2.02. The number of aryl methyl sites for hydroxylation is 1. The van der Waals surface area contributed by atoms with E-state index >= 15 is 0 Å². The van der Waals surface area contributed by atoms with Crippen LogP contribution in [0.1, 0.15) is 32.0 Å². The van der Waals surface area contributed by atoms with Gasteiger partial charge in [0.1, 0.15) is 12.7 Å². The highest BCUT2D eigenvalue weighted by Gasteiger charge is 2.20. The van der Waals surface area contributed by atoms with E-state index in [9.17, 15) is 4.79 Å². The van der Waals surface area contributed by atoms with Crippen LogP contribution in [0.2, 0.25) is 0 Å². The lowest BCUT2D eigenvalue weighted by Crippen LogP contribution is -2.33. The lowest BCUT2D eigenvalue weighted by atomic mass is 10.1. The first-order valence-electron chi connectivity index (χ1n) is 6.99. The third kappa shape index (κ3) is 4.11. The Labute approximate surface area is 123 Å². The van der Waals surface area contributed by atoms with Crippen LogP contribution in [0, 0.1) is 5.92 Å². The van der Waals surface area contributed by atoms with E-state index in [0.717, 1.165) is 12.8 Å². The molecule has 0 fully saturated rings. The molecule has 1 unspecified atom stereocenters. The number of nitrogens with zero attached hydrogens (tertiary/aromatic N) is 6. The number of hydrogen-bond acceptors (Lipinski definition) is 6. The van der Waals surface area contributed by atoms with Crippen molar-refractivity contribution in [2.24, 2.45) is 5.92 Å². The molecule has 0 N–H and O–H groups in total. The SMILES string of the molecule is CCCc1noc(CN(C)C(=O)C(C)Cn2cncn2)n1. The molecule has 21 heavy (non-hydrogen) atoms. The van der Waals surface area contributed by atoms with Gasteiger partial charge in [-0.15, -0.1) is 0 Å². The highest BCUT2D eigenvalue weighted by Crippen LogP contribution is 2.08. The molecule has 2 rings (SSSR count). The number of amides is 1. The van der Waals surface area contributed by atoms with Crippen molar-refractivity contribution in [3.8, 4) is 0 Å². The molecule has 2 aromatic rings. The van der Waals surface area contributed by atoms with Crippen LogP contribution >= 0.6 is 0 Å². The zero-order valence-electron chi connectivity index (χ0n) is 12.6. The summed E-state index contributed by atoms with van der Waals surface area (Å²) in [7, 11) is 1.73. The van der Waals surface area contributed by atoms with Gasteiger partial charge in [0.15, 0.2) is 5.82 Å². The van der Waals surface area contributed by atoms with Gasteiger partial charge in [-0.2, -0.15) is 10.1 Å². The molecule has 0 spiro atoms. The number of rotatable bonds is 7.